The minimum absolute atomic E-state index is 0.0518. The Balaban J connectivity index is 1.63. The van der Waals surface area contributed by atoms with Gasteiger partial charge in [-0.3, -0.25) is 9.59 Å². The van der Waals surface area contributed by atoms with Crippen LogP contribution in [0, 0.1) is 11.3 Å². The number of nitrogens with one attached hydrogen (secondary N) is 1. The Morgan fingerprint density at radius 1 is 1.45 bits per heavy atom. The van der Waals surface area contributed by atoms with Crippen LogP contribution in [0.2, 0.25) is 0 Å². The highest BCUT2D eigenvalue weighted by molar-refractivity contribution is 5.94. The van der Waals surface area contributed by atoms with E-state index >= 15 is 0 Å². The molecule has 0 aliphatic carbocycles. The fourth-order valence-electron chi connectivity index (χ4n) is 3.47. The maximum atomic E-state index is 12.6. The zero-order chi connectivity index (χ0) is 15.3. The van der Waals surface area contributed by atoms with E-state index in [1.807, 2.05) is 0 Å². The SMILES string of the molecule is O=C(c1cc2ncccn2n1)N1C[C@H]2CNC[C@@]2(C(=O)O)C1. The molecule has 2 aliphatic heterocycles. The van der Waals surface area contributed by atoms with Crippen molar-refractivity contribution in [1.29, 1.82) is 0 Å². The lowest BCUT2D eigenvalue weighted by Crippen LogP contribution is -2.41. The maximum Gasteiger partial charge on any atom is 0.313 e. The van der Waals surface area contributed by atoms with Crippen LogP contribution in [-0.2, 0) is 4.79 Å². The largest absolute Gasteiger partial charge is 0.481 e. The normalized spacial score (nSPS) is 27.3. The van der Waals surface area contributed by atoms with Crippen LogP contribution in [0.4, 0.5) is 0 Å². The van der Waals surface area contributed by atoms with E-state index in [0.29, 0.717) is 31.0 Å². The molecule has 2 saturated heterocycles. The quantitative estimate of drug-likeness (QED) is 0.774. The summed E-state index contributed by atoms with van der Waals surface area (Å²) in [6.45, 7) is 1.70. The Morgan fingerprint density at radius 3 is 3.05 bits per heavy atom. The van der Waals surface area contributed by atoms with Crippen LogP contribution in [-0.4, -0.2) is 62.7 Å². The Morgan fingerprint density at radius 2 is 2.32 bits per heavy atom. The molecule has 2 N–H and O–H groups in total. The third-order valence-corrected chi connectivity index (χ3v) is 4.69. The van der Waals surface area contributed by atoms with Crippen molar-refractivity contribution in [1.82, 2.24) is 24.8 Å². The molecule has 2 aromatic heterocycles. The number of hydrogen-bond acceptors (Lipinski definition) is 5. The minimum atomic E-state index is -0.868. The number of carboxylic acid groups (broad SMARTS) is 1. The summed E-state index contributed by atoms with van der Waals surface area (Å²) in [5.41, 5.74) is 0.0274. The van der Waals surface area contributed by atoms with Gasteiger partial charge >= 0.3 is 5.97 Å². The number of carboxylic acids is 1. The van der Waals surface area contributed by atoms with Crippen molar-refractivity contribution in [3.8, 4) is 0 Å². The van der Waals surface area contributed by atoms with Gasteiger partial charge in [0.25, 0.3) is 5.91 Å². The number of carbonyl (C=O) groups is 2. The second-order valence-electron chi connectivity index (χ2n) is 5.93. The molecule has 0 saturated carbocycles. The zero-order valence-corrected chi connectivity index (χ0v) is 11.8. The number of carbonyl (C=O) groups excluding carboxylic acids is 1. The molecule has 0 bridgehead atoms. The van der Waals surface area contributed by atoms with Crippen LogP contribution in [0.15, 0.2) is 24.5 Å². The number of nitrogens with zero attached hydrogens (tertiary/aromatic N) is 4. The van der Waals surface area contributed by atoms with Crippen molar-refractivity contribution in [3.05, 3.63) is 30.2 Å². The van der Waals surface area contributed by atoms with E-state index < -0.39 is 11.4 Å². The van der Waals surface area contributed by atoms with E-state index in [0.717, 1.165) is 0 Å². The summed E-state index contributed by atoms with van der Waals surface area (Å²) in [4.78, 5) is 30.0. The van der Waals surface area contributed by atoms with E-state index in [9.17, 15) is 14.7 Å². The van der Waals surface area contributed by atoms with Gasteiger partial charge in [0.2, 0.25) is 0 Å². The minimum Gasteiger partial charge on any atom is -0.481 e. The number of aliphatic carboxylic acids is 1. The number of likely N-dealkylation sites (tertiary alicyclic amines) is 1. The lowest BCUT2D eigenvalue weighted by Gasteiger charge is -2.22. The molecule has 0 aromatic carbocycles. The van der Waals surface area contributed by atoms with Crippen LogP contribution < -0.4 is 5.32 Å². The van der Waals surface area contributed by atoms with E-state index in [1.54, 1.807) is 33.9 Å². The fraction of sp³-hybridized carbons (Fsp3) is 0.429. The number of fused-ring (bicyclic) bond motifs is 2. The van der Waals surface area contributed by atoms with Gasteiger partial charge in [0.1, 0.15) is 5.41 Å². The number of amides is 1. The van der Waals surface area contributed by atoms with Gasteiger partial charge in [0, 0.05) is 50.6 Å². The van der Waals surface area contributed by atoms with Gasteiger partial charge < -0.3 is 15.3 Å². The van der Waals surface area contributed by atoms with Gasteiger partial charge in [0.05, 0.1) is 0 Å². The Labute approximate surface area is 125 Å². The Kier molecular flexibility index (Phi) is 2.70. The van der Waals surface area contributed by atoms with Gasteiger partial charge in [-0.05, 0) is 6.07 Å². The van der Waals surface area contributed by atoms with Gasteiger partial charge in [0.15, 0.2) is 11.3 Å². The molecule has 114 valence electrons. The maximum absolute atomic E-state index is 12.6. The number of rotatable bonds is 2. The summed E-state index contributed by atoms with van der Waals surface area (Å²) in [6.07, 6.45) is 3.36. The molecule has 2 atom stereocenters. The molecule has 2 fully saturated rings. The molecular formula is C14H15N5O3. The third kappa shape index (κ3) is 1.73. The van der Waals surface area contributed by atoms with Crippen LogP contribution >= 0.6 is 0 Å². The fourth-order valence-corrected chi connectivity index (χ4v) is 3.47. The molecule has 22 heavy (non-hydrogen) atoms. The highest BCUT2D eigenvalue weighted by Gasteiger charge is 2.56. The second kappa shape index (κ2) is 4.51. The van der Waals surface area contributed by atoms with Gasteiger partial charge in [-0.25, -0.2) is 9.50 Å². The number of aromatic nitrogens is 3. The summed E-state index contributed by atoms with van der Waals surface area (Å²) >= 11 is 0. The third-order valence-electron chi connectivity index (χ3n) is 4.69. The summed E-state index contributed by atoms with van der Waals surface area (Å²) in [5, 5.41) is 16.9. The molecular weight excluding hydrogens is 286 g/mol. The molecule has 0 unspecified atom stereocenters. The first-order chi connectivity index (χ1) is 10.6. The molecule has 8 nitrogen and oxygen atoms in total. The first-order valence-electron chi connectivity index (χ1n) is 7.14. The Hall–Kier alpha value is -2.48. The lowest BCUT2D eigenvalue weighted by atomic mass is 9.81. The molecule has 2 aliphatic rings. The molecule has 4 rings (SSSR count). The van der Waals surface area contributed by atoms with Crippen molar-refractivity contribution in [2.24, 2.45) is 11.3 Å². The molecule has 4 heterocycles. The topological polar surface area (TPSA) is 99.8 Å². The lowest BCUT2D eigenvalue weighted by molar-refractivity contribution is -0.148. The summed E-state index contributed by atoms with van der Waals surface area (Å²) in [5.74, 6) is -1.13. The van der Waals surface area contributed by atoms with E-state index in [2.05, 4.69) is 15.4 Å². The van der Waals surface area contributed by atoms with Crippen molar-refractivity contribution in [2.45, 2.75) is 0 Å². The first-order valence-corrected chi connectivity index (χ1v) is 7.14. The van der Waals surface area contributed by atoms with Gasteiger partial charge in [-0.15, -0.1) is 0 Å². The second-order valence-corrected chi connectivity index (χ2v) is 5.93. The van der Waals surface area contributed by atoms with Crippen molar-refractivity contribution >= 4 is 17.5 Å². The Bertz CT molecular complexity index is 740. The zero-order valence-electron chi connectivity index (χ0n) is 11.8. The predicted molar refractivity (Wildman–Crippen MR) is 75.3 cm³/mol. The van der Waals surface area contributed by atoms with Crippen LogP contribution in [0.1, 0.15) is 10.5 Å². The molecule has 0 spiro atoms. The highest BCUT2D eigenvalue weighted by atomic mass is 16.4. The molecule has 0 radical (unpaired) electrons. The highest BCUT2D eigenvalue weighted by Crippen LogP contribution is 2.39. The molecule has 8 heteroatoms. The summed E-state index contributed by atoms with van der Waals surface area (Å²) in [7, 11) is 0. The van der Waals surface area contributed by atoms with E-state index in [1.165, 1.54) is 0 Å². The standard InChI is InChI=1S/C14H15N5O3/c20-12(10-4-11-16-2-1-3-19(11)17-10)18-6-9-5-15-7-14(9,8-18)13(21)22/h1-4,9,15H,5-8H2,(H,21,22)/t9-,14-/m1/s1. The number of hydrogen-bond donors (Lipinski definition) is 2. The van der Waals surface area contributed by atoms with Crippen molar-refractivity contribution in [2.75, 3.05) is 26.2 Å². The molecule has 2 aromatic rings. The summed E-state index contributed by atoms with van der Waals surface area (Å²) in [6, 6.07) is 3.36. The van der Waals surface area contributed by atoms with Crippen molar-refractivity contribution < 1.29 is 14.7 Å². The average Bonchev–Trinajstić information content (AvgIpc) is 3.17. The smallest absolute Gasteiger partial charge is 0.313 e. The first kappa shape index (κ1) is 13.2. The predicted octanol–water partition coefficient (Wildman–Crippen LogP) is -0.524. The molecule has 1 amide bonds. The van der Waals surface area contributed by atoms with E-state index in [-0.39, 0.29) is 18.4 Å². The monoisotopic (exact) mass is 301 g/mol. The van der Waals surface area contributed by atoms with Crippen molar-refractivity contribution in [3.63, 3.8) is 0 Å². The van der Waals surface area contributed by atoms with E-state index in [4.69, 9.17) is 0 Å². The van der Waals surface area contributed by atoms with Gasteiger partial charge in [-0.2, -0.15) is 5.10 Å². The van der Waals surface area contributed by atoms with Crippen LogP contribution in [0.25, 0.3) is 5.65 Å². The van der Waals surface area contributed by atoms with Gasteiger partial charge in [-0.1, -0.05) is 0 Å². The summed E-state index contributed by atoms with van der Waals surface area (Å²) < 4.78 is 1.54. The van der Waals surface area contributed by atoms with Crippen LogP contribution in [0.3, 0.4) is 0 Å². The van der Waals surface area contributed by atoms with Crippen LogP contribution in [0.5, 0.6) is 0 Å². The average molecular weight is 301 g/mol.